The lowest BCUT2D eigenvalue weighted by atomic mass is 10.1. The molecule has 4 rings (SSSR count). The first-order valence-corrected chi connectivity index (χ1v) is 10.8. The Morgan fingerprint density at radius 1 is 1.12 bits per heavy atom. The Kier molecular flexibility index (Phi) is 6.76. The van der Waals surface area contributed by atoms with E-state index >= 15 is 0 Å². The molecule has 1 saturated heterocycles. The van der Waals surface area contributed by atoms with Crippen molar-refractivity contribution in [1.82, 2.24) is 19.9 Å². The first kappa shape index (κ1) is 23.2. The number of hydrogen-bond donors (Lipinski definition) is 0. The molecule has 1 aromatic heterocycles. The van der Waals surface area contributed by atoms with Crippen LogP contribution in [-0.4, -0.2) is 71.7 Å². The molecule has 1 aliphatic heterocycles. The zero-order valence-corrected chi connectivity index (χ0v) is 19.2. The minimum absolute atomic E-state index is 0.0490. The summed E-state index contributed by atoms with van der Waals surface area (Å²) < 4.78 is 29.1. The maximum atomic E-state index is 13.4. The summed E-state index contributed by atoms with van der Waals surface area (Å²) in [7, 11) is 3.06. The predicted octanol–water partition coefficient (Wildman–Crippen LogP) is 2.81. The molecule has 0 spiro atoms. The van der Waals surface area contributed by atoms with Gasteiger partial charge in [-0.05, 0) is 37.3 Å². The summed E-state index contributed by atoms with van der Waals surface area (Å²) in [5.74, 6) is 0.688. The normalized spacial score (nSPS) is 15.8. The summed E-state index contributed by atoms with van der Waals surface area (Å²) in [6.07, 6.45) is -0.0490. The number of nitrogens with zero attached hydrogens (tertiary/aromatic N) is 4. The molecule has 0 saturated carbocycles. The van der Waals surface area contributed by atoms with Gasteiger partial charge >= 0.3 is 0 Å². The molecule has 9 nitrogen and oxygen atoms in total. The SMILES string of the molecule is COc1cc(OC)cc(C(=O)N2CCN(C(=O)Cc3noc(-c4cccc(F)c4)n3)CC2C)c1. The van der Waals surface area contributed by atoms with E-state index < -0.39 is 5.82 Å². The van der Waals surface area contributed by atoms with Crippen LogP contribution in [-0.2, 0) is 11.2 Å². The highest BCUT2D eigenvalue weighted by atomic mass is 19.1. The van der Waals surface area contributed by atoms with E-state index in [0.717, 1.165) is 0 Å². The maximum absolute atomic E-state index is 13.4. The fraction of sp³-hybridized carbons (Fsp3) is 0.333. The van der Waals surface area contributed by atoms with Gasteiger partial charge in [-0.3, -0.25) is 9.59 Å². The van der Waals surface area contributed by atoms with Crippen LogP contribution >= 0.6 is 0 Å². The van der Waals surface area contributed by atoms with Crippen LogP contribution in [0.15, 0.2) is 47.0 Å². The van der Waals surface area contributed by atoms with Gasteiger partial charge in [0, 0.05) is 42.9 Å². The number of piperazine rings is 1. The number of carbonyl (C=O) groups excluding carboxylic acids is 2. The number of ether oxygens (including phenoxy) is 2. The highest BCUT2D eigenvalue weighted by Crippen LogP contribution is 2.25. The first-order chi connectivity index (χ1) is 16.4. The number of halogens is 1. The summed E-state index contributed by atoms with van der Waals surface area (Å²) in [5.41, 5.74) is 0.903. The van der Waals surface area contributed by atoms with Gasteiger partial charge in [-0.25, -0.2) is 4.39 Å². The first-order valence-electron chi connectivity index (χ1n) is 10.8. The topological polar surface area (TPSA) is 98.0 Å². The Hall–Kier alpha value is -3.95. The average Bonchev–Trinajstić information content (AvgIpc) is 3.31. The molecule has 2 amide bonds. The lowest BCUT2D eigenvalue weighted by Gasteiger charge is -2.40. The molecule has 1 unspecified atom stereocenters. The fourth-order valence-corrected chi connectivity index (χ4v) is 3.89. The van der Waals surface area contributed by atoms with Crippen LogP contribution in [0.2, 0.25) is 0 Å². The lowest BCUT2D eigenvalue weighted by molar-refractivity contribution is -0.133. The Balaban J connectivity index is 1.39. The number of benzene rings is 2. The third-order valence-electron chi connectivity index (χ3n) is 5.69. The zero-order valence-electron chi connectivity index (χ0n) is 19.2. The van der Waals surface area contributed by atoms with Crippen molar-refractivity contribution >= 4 is 11.8 Å². The van der Waals surface area contributed by atoms with Gasteiger partial charge in [0.1, 0.15) is 17.3 Å². The van der Waals surface area contributed by atoms with Gasteiger partial charge in [-0.15, -0.1) is 0 Å². The minimum atomic E-state index is -0.415. The predicted molar refractivity (Wildman–Crippen MR) is 120 cm³/mol. The molecular weight excluding hydrogens is 443 g/mol. The highest BCUT2D eigenvalue weighted by molar-refractivity contribution is 5.95. The van der Waals surface area contributed by atoms with Crippen molar-refractivity contribution < 1.29 is 28.0 Å². The fourth-order valence-electron chi connectivity index (χ4n) is 3.89. The molecule has 1 atom stereocenters. The van der Waals surface area contributed by atoms with E-state index in [2.05, 4.69) is 10.1 Å². The minimum Gasteiger partial charge on any atom is -0.497 e. The van der Waals surface area contributed by atoms with Crippen molar-refractivity contribution in [2.45, 2.75) is 19.4 Å². The summed E-state index contributed by atoms with van der Waals surface area (Å²) in [5, 5.41) is 3.85. The summed E-state index contributed by atoms with van der Waals surface area (Å²) in [4.78, 5) is 33.6. The molecule has 2 heterocycles. The number of aromatic nitrogens is 2. The van der Waals surface area contributed by atoms with Crippen LogP contribution in [0.3, 0.4) is 0 Å². The second-order valence-electron chi connectivity index (χ2n) is 7.99. The van der Waals surface area contributed by atoms with Crippen molar-refractivity contribution in [3.8, 4) is 23.0 Å². The van der Waals surface area contributed by atoms with Gasteiger partial charge in [0.2, 0.25) is 5.91 Å². The van der Waals surface area contributed by atoms with E-state index in [1.54, 1.807) is 40.1 Å². The van der Waals surface area contributed by atoms with Crippen molar-refractivity contribution in [3.05, 3.63) is 59.7 Å². The molecule has 2 aromatic carbocycles. The smallest absolute Gasteiger partial charge is 0.258 e. The maximum Gasteiger partial charge on any atom is 0.258 e. The van der Waals surface area contributed by atoms with Crippen molar-refractivity contribution in [1.29, 1.82) is 0 Å². The Morgan fingerprint density at radius 2 is 1.85 bits per heavy atom. The lowest BCUT2D eigenvalue weighted by Crippen LogP contribution is -2.55. The van der Waals surface area contributed by atoms with E-state index in [0.29, 0.717) is 42.3 Å². The number of hydrogen-bond acceptors (Lipinski definition) is 7. The van der Waals surface area contributed by atoms with Crippen molar-refractivity contribution in [3.63, 3.8) is 0 Å². The standard InChI is InChI=1S/C24H25FN4O5/c1-15-14-28(7-8-29(15)24(31)17-10-19(32-2)12-20(11-17)33-3)22(30)13-21-26-23(34-27-21)16-5-4-6-18(25)9-16/h4-6,9-12,15H,7-8,13-14H2,1-3H3. The van der Waals surface area contributed by atoms with Gasteiger partial charge in [0.05, 0.1) is 20.6 Å². The van der Waals surface area contributed by atoms with Crippen molar-refractivity contribution in [2.75, 3.05) is 33.9 Å². The molecule has 1 aliphatic rings. The zero-order chi connectivity index (χ0) is 24.2. The number of rotatable bonds is 6. The van der Waals surface area contributed by atoms with Crippen LogP contribution in [0.4, 0.5) is 4.39 Å². The van der Waals surface area contributed by atoms with Crippen LogP contribution in [0.1, 0.15) is 23.1 Å². The summed E-state index contributed by atoms with van der Waals surface area (Å²) >= 11 is 0. The molecule has 3 aromatic rings. The average molecular weight is 468 g/mol. The molecular formula is C24H25FN4O5. The molecule has 0 aliphatic carbocycles. The Labute approximate surface area is 196 Å². The molecule has 0 N–H and O–H groups in total. The van der Waals surface area contributed by atoms with Gasteiger partial charge in [-0.1, -0.05) is 11.2 Å². The van der Waals surface area contributed by atoms with E-state index in [-0.39, 0.29) is 36.0 Å². The second kappa shape index (κ2) is 9.90. The molecule has 0 radical (unpaired) electrons. The van der Waals surface area contributed by atoms with Gasteiger partial charge in [-0.2, -0.15) is 4.98 Å². The van der Waals surface area contributed by atoms with E-state index in [1.165, 1.54) is 26.4 Å². The largest absolute Gasteiger partial charge is 0.497 e. The van der Waals surface area contributed by atoms with Crippen molar-refractivity contribution in [2.24, 2.45) is 0 Å². The van der Waals surface area contributed by atoms with Crippen LogP contribution in [0.25, 0.3) is 11.5 Å². The van der Waals surface area contributed by atoms with Crippen LogP contribution < -0.4 is 9.47 Å². The van der Waals surface area contributed by atoms with E-state index in [4.69, 9.17) is 14.0 Å². The van der Waals surface area contributed by atoms with Gasteiger partial charge in [0.25, 0.3) is 11.8 Å². The van der Waals surface area contributed by atoms with Crippen LogP contribution in [0, 0.1) is 5.82 Å². The molecule has 10 heteroatoms. The van der Waals surface area contributed by atoms with Gasteiger partial charge < -0.3 is 23.8 Å². The highest BCUT2D eigenvalue weighted by Gasteiger charge is 2.31. The van der Waals surface area contributed by atoms with E-state index in [9.17, 15) is 14.0 Å². The summed E-state index contributed by atoms with van der Waals surface area (Å²) in [6, 6.07) is 10.6. The second-order valence-corrected chi connectivity index (χ2v) is 7.99. The molecule has 0 bridgehead atoms. The quantitative estimate of drug-likeness (QED) is 0.549. The molecule has 34 heavy (non-hydrogen) atoms. The summed E-state index contributed by atoms with van der Waals surface area (Å²) in [6.45, 7) is 3.03. The Morgan fingerprint density at radius 3 is 2.50 bits per heavy atom. The Bertz CT molecular complexity index is 1180. The van der Waals surface area contributed by atoms with Crippen LogP contribution in [0.5, 0.6) is 11.5 Å². The molecule has 178 valence electrons. The van der Waals surface area contributed by atoms with Gasteiger partial charge in [0.15, 0.2) is 5.82 Å². The number of carbonyl (C=O) groups is 2. The van der Waals surface area contributed by atoms with E-state index in [1.807, 2.05) is 6.92 Å². The molecule has 1 fully saturated rings. The third kappa shape index (κ3) is 5.00. The number of methoxy groups -OCH3 is 2. The number of amides is 2. The third-order valence-corrected chi connectivity index (χ3v) is 5.69. The monoisotopic (exact) mass is 468 g/mol.